The van der Waals surface area contributed by atoms with Crippen LogP contribution >= 0.6 is 12.2 Å². The molecule has 2 aromatic rings. The van der Waals surface area contributed by atoms with E-state index in [4.69, 9.17) is 16.6 Å². The SMILES string of the molecule is CC1CCN(c2ccccc2NC(=S)NC(=O)C=Cc2ccco2)CC1. The van der Waals surface area contributed by atoms with Crippen LogP contribution < -0.4 is 15.5 Å². The van der Waals surface area contributed by atoms with Crippen molar-refractivity contribution in [3.8, 4) is 0 Å². The van der Waals surface area contributed by atoms with Gasteiger partial charge in [0.05, 0.1) is 17.6 Å². The molecule has 2 heterocycles. The van der Waals surface area contributed by atoms with E-state index < -0.39 is 0 Å². The van der Waals surface area contributed by atoms with Crippen molar-refractivity contribution in [3.63, 3.8) is 0 Å². The zero-order valence-electron chi connectivity index (χ0n) is 14.8. The number of furan rings is 1. The summed E-state index contributed by atoms with van der Waals surface area (Å²) in [7, 11) is 0. The number of carbonyl (C=O) groups excluding carboxylic acids is 1. The number of benzene rings is 1. The van der Waals surface area contributed by atoms with Crippen LogP contribution in [0.4, 0.5) is 11.4 Å². The Bertz CT molecular complexity index is 778. The third kappa shape index (κ3) is 4.95. The zero-order chi connectivity index (χ0) is 18.4. The molecule has 0 atom stereocenters. The van der Waals surface area contributed by atoms with Gasteiger partial charge in [0.15, 0.2) is 5.11 Å². The molecule has 3 rings (SSSR count). The minimum Gasteiger partial charge on any atom is -0.465 e. The molecule has 1 aromatic heterocycles. The first-order valence-corrected chi connectivity index (χ1v) is 9.20. The van der Waals surface area contributed by atoms with Crippen LogP contribution in [-0.2, 0) is 4.79 Å². The molecule has 136 valence electrons. The van der Waals surface area contributed by atoms with Crippen molar-refractivity contribution in [1.29, 1.82) is 0 Å². The zero-order valence-corrected chi connectivity index (χ0v) is 15.6. The van der Waals surface area contributed by atoms with Gasteiger partial charge in [-0.1, -0.05) is 19.1 Å². The smallest absolute Gasteiger partial charge is 0.250 e. The average molecular weight is 369 g/mol. The van der Waals surface area contributed by atoms with E-state index in [-0.39, 0.29) is 11.0 Å². The molecule has 1 aromatic carbocycles. The summed E-state index contributed by atoms with van der Waals surface area (Å²) in [4.78, 5) is 14.3. The summed E-state index contributed by atoms with van der Waals surface area (Å²) < 4.78 is 5.15. The number of anilines is 2. The summed E-state index contributed by atoms with van der Waals surface area (Å²) in [6.45, 7) is 4.36. The topological polar surface area (TPSA) is 57.5 Å². The normalized spacial score (nSPS) is 15.2. The maximum Gasteiger partial charge on any atom is 0.250 e. The summed E-state index contributed by atoms with van der Waals surface area (Å²) in [5.74, 6) is 1.08. The number of rotatable bonds is 4. The molecule has 0 unspecified atom stereocenters. The maximum absolute atomic E-state index is 12.0. The molecule has 1 fully saturated rings. The number of para-hydroxylation sites is 2. The predicted molar refractivity (Wildman–Crippen MR) is 109 cm³/mol. The molecule has 0 spiro atoms. The molecule has 26 heavy (non-hydrogen) atoms. The quantitative estimate of drug-likeness (QED) is 0.629. The molecule has 0 saturated carbocycles. The van der Waals surface area contributed by atoms with Crippen molar-refractivity contribution in [2.75, 3.05) is 23.3 Å². The molecular formula is C20H23N3O2S. The van der Waals surface area contributed by atoms with Gasteiger partial charge in [0.25, 0.3) is 0 Å². The predicted octanol–water partition coefficient (Wildman–Crippen LogP) is 4.04. The summed E-state index contributed by atoms with van der Waals surface area (Å²) >= 11 is 5.29. The van der Waals surface area contributed by atoms with Gasteiger partial charge in [-0.05, 0) is 61.3 Å². The fraction of sp³-hybridized carbons (Fsp3) is 0.300. The summed E-state index contributed by atoms with van der Waals surface area (Å²) in [5.41, 5.74) is 2.02. The van der Waals surface area contributed by atoms with E-state index in [1.807, 2.05) is 18.2 Å². The first kappa shape index (κ1) is 18.2. The second kappa shape index (κ2) is 8.67. The molecule has 0 bridgehead atoms. The Hall–Kier alpha value is -2.60. The van der Waals surface area contributed by atoms with Gasteiger partial charge in [0, 0.05) is 19.2 Å². The van der Waals surface area contributed by atoms with Crippen LogP contribution in [-0.4, -0.2) is 24.1 Å². The first-order chi connectivity index (χ1) is 12.6. The van der Waals surface area contributed by atoms with Crippen LogP contribution in [0.25, 0.3) is 6.08 Å². The molecule has 2 N–H and O–H groups in total. The van der Waals surface area contributed by atoms with Gasteiger partial charge in [-0.2, -0.15) is 0 Å². The highest BCUT2D eigenvalue weighted by Crippen LogP contribution is 2.29. The van der Waals surface area contributed by atoms with E-state index in [9.17, 15) is 4.79 Å². The third-order valence-electron chi connectivity index (χ3n) is 4.46. The van der Waals surface area contributed by atoms with E-state index in [0.717, 1.165) is 30.4 Å². The Labute approximate surface area is 159 Å². The van der Waals surface area contributed by atoms with Crippen molar-refractivity contribution in [2.45, 2.75) is 19.8 Å². The summed E-state index contributed by atoms with van der Waals surface area (Å²) in [5, 5.41) is 6.08. The highest BCUT2D eigenvalue weighted by Gasteiger charge is 2.18. The third-order valence-corrected chi connectivity index (χ3v) is 4.66. The molecule has 1 saturated heterocycles. The fourth-order valence-corrected chi connectivity index (χ4v) is 3.17. The lowest BCUT2D eigenvalue weighted by molar-refractivity contribution is -0.115. The molecular weight excluding hydrogens is 346 g/mol. The van der Waals surface area contributed by atoms with E-state index >= 15 is 0 Å². The number of hydrogen-bond donors (Lipinski definition) is 2. The van der Waals surface area contributed by atoms with Crippen LogP contribution in [0.3, 0.4) is 0 Å². The van der Waals surface area contributed by atoms with Crippen molar-refractivity contribution < 1.29 is 9.21 Å². The molecule has 0 radical (unpaired) electrons. The average Bonchev–Trinajstić information content (AvgIpc) is 3.15. The van der Waals surface area contributed by atoms with Crippen molar-refractivity contribution in [3.05, 3.63) is 54.5 Å². The van der Waals surface area contributed by atoms with Gasteiger partial charge >= 0.3 is 0 Å². The number of hydrogen-bond acceptors (Lipinski definition) is 4. The summed E-state index contributed by atoms with van der Waals surface area (Å²) in [6.07, 6.45) is 6.92. The van der Waals surface area contributed by atoms with Crippen molar-refractivity contribution >= 4 is 40.7 Å². The molecule has 1 amide bonds. The van der Waals surface area contributed by atoms with Crippen molar-refractivity contribution in [2.24, 2.45) is 5.92 Å². The van der Waals surface area contributed by atoms with Gasteiger partial charge in [0.1, 0.15) is 5.76 Å². The van der Waals surface area contributed by atoms with E-state index in [0.29, 0.717) is 5.76 Å². The number of nitrogens with one attached hydrogen (secondary N) is 2. The van der Waals surface area contributed by atoms with Crippen LogP contribution in [0.2, 0.25) is 0 Å². The molecule has 1 aliphatic rings. The Morgan fingerprint density at radius 3 is 2.73 bits per heavy atom. The standard InChI is InChI=1S/C20H23N3O2S/c1-15-10-12-23(13-11-15)18-7-3-2-6-17(18)21-20(26)22-19(24)9-8-16-5-4-14-25-16/h2-9,14-15H,10-13H2,1H3,(H2,21,22,24,26). The largest absolute Gasteiger partial charge is 0.465 e. The number of piperidine rings is 1. The highest BCUT2D eigenvalue weighted by atomic mass is 32.1. The van der Waals surface area contributed by atoms with Gasteiger partial charge < -0.3 is 14.6 Å². The summed E-state index contributed by atoms with van der Waals surface area (Å²) in [6, 6.07) is 11.6. The number of nitrogens with zero attached hydrogens (tertiary/aromatic N) is 1. The highest BCUT2D eigenvalue weighted by molar-refractivity contribution is 7.80. The minimum atomic E-state index is -0.303. The lowest BCUT2D eigenvalue weighted by Crippen LogP contribution is -2.35. The first-order valence-electron chi connectivity index (χ1n) is 8.79. The Morgan fingerprint density at radius 2 is 2.00 bits per heavy atom. The van der Waals surface area contributed by atoms with E-state index in [2.05, 4.69) is 28.5 Å². The van der Waals surface area contributed by atoms with Gasteiger partial charge in [-0.15, -0.1) is 0 Å². The molecule has 5 nitrogen and oxygen atoms in total. The Balaban J connectivity index is 1.60. The minimum absolute atomic E-state index is 0.275. The number of amides is 1. The maximum atomic E-state index is 12.0. The lowest BCUT2D eigenvalue weighted by atomic mass is 9.98. The van der Waals surface area contributed by atoms with E-state index in [1.165, 1.54) is 18.9 Å². The second-order valence-corrected chi connectivity index (χ2v) is 6.89. The fourth-order valence-electron chi connectivity index (χ4n) is 2.96. The van der Waals surface area contributed by atoms with E-state index in [1.54, 1.807) is 24.5 Å². The Kier molecular flexibility index (Phi) is 6.07. The number of thiocarbonyl (C=S) groups is 1. The molecule has 6 heteroatoms. The Morgan fingerprint density at radius 1 is 1.23 bits per heavy atom. The molecule has 0 aliphatic carbocycles. The van der Waals surface area contributed by atoms with Crippen molar-refractivity contribution in [1.82, 2.24) is 5.32 Å². The van der Waals surface area contributed by atoms with Gasteiger partial charge in [-0.3, -0.25) is 10.1 Å². The number of carbonyl (C=O) groups is 1. The monoisotopic (exact) mass is 369 g/mol. The second-order valence-electron chi connectivity index (χ2n) is 6.48. The lowest BCUT2D eigenvalue weighted by Gasteiger charge is -2.33. The van der Waals surface area contributed by atoms with Crippen LogP contribution in [0.1, 0.15) is 25.5 Å². The van der Waals surface area contributed by atoms with Gasteiger partial charge in [-0.25, -0.2) is 0 Å². The molecule has 1 aliphatic heterocycles. The van der Waals surface area contributed by atoms with Crippen LogP contribution in [0.5, 0.6) is 0 Å². The van der Waals surface area contributed by atoms with Crippen LogP contribution in [0, 0.1) is 5.92 Å². The van der Waals surface area contributed by atoms with Crippen LogP contribution in [0.15, 0.2) is 53.2 Å². The van der Waals surface area contributed by atoms with Gasteiger partial charge in [0.2, 0.25) is 5.91 Å².